The number of nitrogens with zero attached hydrogens (tertiary/aromatic N) is 3. The highest BCUT2D eigenvalue weighted by molar-refractivity contribution is 9.10. The van der Waals surface area contributed by atoms with Crippen molar-refractivity contribution in [2.75, 3.05) is 27.7 Å². The van der Waals surface area contributed by atoms with E-state index >= 15 is 0 Å². The molecule has 0 radical (unpaired) electrons. The van der Waals surface area contributed by atoms with E-state index in [1.165, 1.54) is 0 Å². The summed E-state index contributed by atoms with van der Waals surface area (Å²) >= 11 is 3.48. The molecule has 1 fully saturated rings. The highest BCUT2D eigenvalue weighted by Gasteiger charge is 2.47. The van der Waals surface area contributed by atoms with Crippen molar-refractivity contribution < 1.29 is 9.84 Å². The Bertz CT molecular complexity index is 413. The molecule has 0 unspecified atom stereocenters. The highest BCUT2D eigenvalue weighted by Crippen LogP contribution is 2.45. The topological polar surface area (TPSA) is 50.5 Å². The Balaban J connectivity index is 2.14. The van der Waals surface area contributed by atoms with Crippen LogP contribution in [0.2, 0.25) is 0 Å². The summed E-state index contributed by atoms with van der Waals surface area (Å²) in [5, 5.41) is 14.9. The van der Waals surface area contributed by atoms with E-state index in [0.717, 1.165) is 23.3 Å². The minimum Gasteiger partial charge on any atom is -0.383 e. The monoisotopic (exact) mass is 317 g/mol. The molecular formula is C12H20BrN3O2. The van der Waals surface area contributed by atoms with Crippen LogP contribution < -0.4 is 0 Å². The van der Waals surface area contributed by atoms with Crippen LogP contribution in [-0.2, 0) is 16.9 Å². The van der Waals surface area contributed by atoms with Gasteiger partial charge in [0.2, 0.25) is 0 Å². The normalized spacial score (nSPS) is 27.6. The molecule has 0 bridgehead atoms. The van der Waals surface area contributed by atoms with Crippen molar-refractivity contribution >= 4 is 15.9 Å². The smallest absolute Gasteiger partial charge is 0.112 e. The lowest BCUT2D eigenvalue weighted by atomic mass is 9.75. The standard InChI is InChI=1S/C12H20BrN3O2/c1-15(2)4-5-16-11(10(13)8-14-16)12(17)6-9(7-12)18-3/h8-9,17H,4-7H2,1-3H3. The predicted octanol–water partition coefficient (Wildman–Crippen LogP) is 1.20. The second kappa shape index (κ2) is 5.28. The molecule has 0 atom stereocenters. The van der Waals surface area contributed by atoms with E-state index in [0.29, 0.717) is 12.8 Å². The summed E-state index contributed by atoms with van der Waals surface area (Å²) in [7, 11) is 5.73. The van der Waals surface area contributed by atoms with Gasteiger partial charge in [0.05, 0.1) is 29.0 Å². The summed E-state index contributed by atoms with van der Waals surface area (Å²) in [6.45, 7) is 1.67. The van der Waals surface area contributed by atoms with Crippen LogP contribution in [0.25, 0.3) is 0 Å². The summed E-state index contributed by atoms with van der Waals surface area (Å²) in [6, 6.07) is 0. The first-order valence-electron chi connectivity index (χ1n) is 6.08. The fraction of sp³-hybridized carbons (Fsp3) is 0.750. The molecular weight excluding hydrogens is 298 g/mol. The first-order valence-corrected chi connectivity index (χ1v) is 6.87. The van der Waals surface area contributed by atoms with Crippen molar-refractivity contribution in [3.05, 3.63) is 16.4 Å². The number of ether oxygens (including phenoxy) is 1. The third-order valence-electron chi connectivity index (χ3n) is 3.46. The zero-order chi connectivity index (χ0) is 13.3. The van der Waals surface area contributed by atoms with Gasteiger partial charge in [0.15, 0.2) is 0 Å². The van der Waals surface area contributed by atoms with Gasteiger partial charge in [0, 0.05) is 26.5 Å². The fourth-order valence-electron chi connectivity index (χ4n) is 2.34. The molecule has 0 saturated heterocycles. The van der Waals surface area contributed by atoms with Gasteiger partial charge in [-0.15, -0.1) is 0 Å². The number of aliphatic hydroxyl groups is 1. The number of halogens is 1. The molecule has 102 valence electrons. The van der Waals surface area contributed by atoms with Gasteiger partial charge in [-0.1, -0.05) is 0 Å². The first-order chi connectivity index (χ1) is 8.46. The highest BCUT2D eigenvalue weighted by atomic mass is 79.9. The molecule has 1 aliphatic carbocycles. The van der Waals surface area contributed by atoms with E-state index in [-0.39, 0.29) is 6.10 Å². The molecule has 18 heavy (non-hydrogen) atoms. The summed E-state index contributed by atoms with van der Waals surface area (Å²) < 4.78 is 8.00. The minimum atomic E-state index is -0.803. The van der Waals surface area contributed by atoms with Gasteiger partial charge < -0.3 is 14.7 Å². The Hall–Kier alpha value is -0.430. The molecule has 0 spiro atoms. The van der Waals surface area contributed by atoms with E-state index in [1.807, 2.05) is 18.8 Å². The number of hydrogen-bond donors (Lipinski definition) is 1. The molecule has 5 nitrogen and oxygen atoms in total. The average Bonchev–Trinajstić information content (AvgIpc) is 2.64. The van der Waals surface area contributed by atoms with E-state index in [9.17, 15) is 5.11 Å². The van der Waals surface area contributed by atoms with E-state index in [2.05, 4.69) is 25.9 Å². The van der Waals surface area contributed by atoms with Gasteiger partial charge in [0.1, 0.15) is 5.60 Å². The van der Waals surface area contributed by atoms with Crippen molar-refractivity contribution in [2.24, 2.45) is 0 Å². The molecule has 1 aliphatic rings. The maximum absolute atomic E-state index is 10.6. The zero-order valence-corrected chi connectivity index (χ0v) is 12.6. The quantitative estimate of drug-likeness (QED) is 0.886. The van der Waals surface area contributed by atoms with E-state index in [4.69, 9.17) is 4.74 Å². The zero-order valence-electron chi connectivity index (χ0n) is 11.1. The van der Waals surface area contributed by atoms with Crippen LogP contribution in [0.3, 0.4) is 0 Å². The molecule has 6 heteroatoms. The van der Waals surface area contributed by atoms with Gasteiger partial charge in [0.25, 0.3) is 0 Å². The van der Waals surface area contributed by atoms with Gasteiger partial charge in [-0.05, 0) is 30.0 Å². The average molecular weight is 318 g/mol. The number of rotatable bonds is 5. The van der Waals surface area contributed by atoms with Gasteiger partial charge >= 0.3 is 0 Å². The van der Waals surface area contributed by atoms with Crippen LogP contribution in [0.1, 0.15) is 18.5 Å². The van der Waals surface area contributed by atoms with Crippen LogP contribution in [0.15, 0.2) is 10.7 Å². The Kier molecular flexibility index (Phi) is 4.11. The largest absolute Gasteiger partial charge is 0.383 e. The molecule has 1 aromatic rings. The molecule has 2 rings (SSSR count). The summed E-state index contributed by atoms with van der Waals surface area (Å²) in [4.78, 5) is 2.10. The van der Waals surface area contributed by atoms with Crippen LogP contribution in [0, 0.1) is 0 Å². The fourth-order valence-corrected chi connectivity index (χ4v) is 3.01. The van der Waals surface area contributed by atoms with Crippen molar-refractivity contribution in [2.45, 2.75) is 31.1 Å². The Labute approximate surface area is 116 Å². The number of likely N-dealkylation sites (N-methyl/N-ethyl adjacent to an activating group) is 1. The van der Waals surface area contributed by atoms with E-state index < -0.39 is 5.60 Å². The Morgan fingerprint density at radius 1 is 1.61 bits per heavy atom. The van der Waals surface area contributed by atoms with E-state index in [1.54, 1.807) is 13.3 Å². The van der Waals surface area contributed by atoms with Gasteiger partial charge in [-0.3, -0.25) is 4.68 Å². The molecule has 1 aromatic heterocycles. The summed E-state index contributed by atoms with van der Waals surface area (Å²) in [5.74, 6) is 0. The molecule has 0 amide bonds. The van der Waals surface area contributed by atoms with Crippen LogP contribution in [-0.4, -0.2) is 53.6 Å². The van der Waals surface area contributed by atoms with Crippen LogP contribution in [0.4, 0.5) is 0 Å². The molecule has 1 N–H and O–H groups in total. The molecule has 1 heterocycles. The summed E-state index contributed by atoms with van der Waals surface area (Å²) in [6.07, 6.45) is 3.17. The maximum atomic E-state index is 10.6. The maximum Gasteiger partial charge on any atom is 0.112 e. The van der Waals surface area contributed by atoms with Crippen molar-refractivity contribution in [3.63, 3.8) is 0 Å². The Morgan fingerprint density at radius 3 is 2.83 bits per heavy atom. The lowest BCUT2D eigenvalue weighted by molar-refractivity contribution is -0.137. The lowest BCUT2D eigenvalue weighted by Crippen LogP contribution is -2.47. The summed E-state index contributed by atoms with van der Waals surface area (Å²) in [5.41, 5.74) is 0.0696. The number of hydrogen-bond acceptors (Lipinski definition) is 4. The first kappa shape index (κ1) is 14.0. The minimum absolute atomic E-state index is 0.152. The lowest BCUT2D eigenvalue weighted by Gasteiger charge is -2.43. The van der Waals surface area contributed by atoms with Crippen molar-refractivity contribution in [3.8, 4) is 0 Å². The van der Waals surface area contributed by atoms with Gasteiger partial charge in [-0.2, -0.15) is 5.10 Å². The molecule has 1 saturated carbocycles. The van der Waals surface area contributed by atoms with Crippen LogP contribution in [0.5, 0.6) is 0 Å². The van der Waals surface area contributed by atoms with Gasteiger partial charge in [-0.25, -0.2) is 0 Å². The molecule has 0 aliphatic heterocycles. The third-order valence-corrected chi connectivity index (χ3v) is 4.04. The number of aromatic nitrogens is 2. The van der Waals surface area contributed by atoms with Crippen LogP contribution >= 0.6 is 15.9 Å². The SMILES string of the molecule is COC1CC(O)(c2c(Br)cnn2CCN(C)C)C1. The predicted molar refractivity (Wildman–Crippen MR) is 72.4 cm³/mol. The van der Waals surface area contributed by atoms with Crippen molar-refractivity contribution in [1.82, 2.24) is 14.7 Å². The Morgan fingerprint density at radius 2 is 2.28 bits per heavy atom. The number of methoxy groups -OCH3 is 1. The second-order valence-electron chi connectivity index (χ2n) is 5.17. The second-order valence-corrected chi connectivity index (χ2v) is 6.02. The molecule has 0 aromatic carbocycles. The van der Waals surface area contributed by atoms with Crippen molar-refractivity contribution in [1.29, 1.82) is 0 Å². The third kappa shape index (κ3) is 2.61.